The number of carbonyl (C=O) groups is 1. The van der Waals surface area contributed by atoms with Gasteiger partial charge in [-0.3, -0.25) is 14.4 Å². The Bertz CT molecular complexity index is 1340. The molecule has 0 saturated carbocycles. The van der Waals surface area contributed by atoms with Crippen molar-refractivity contribution in [1.82, 2.24) is 34.2 Å². The monoisotopic (exact) mass is 457 g/mol. The molecular weight excluding hydrogens is 426 g/mol. The lowest BCUT2D eigenvalue weighted by Crippen LogP contribution is -2.50. The Kier molecular flexibility index (Phi) is 5.91. The smallest absolute Gasteiger partial charge is 0.237 e. The molecule has 0 bridgehead atoms. The zero-order valence-corrected chi connectivity index (χ0v) is 20.3. The first-order valence-electron chi connectivity index (χ1n) is 11.8. The normalized spacial score (nSPS) is 15.1. The highest BCUT2D eigenvalue weighted by Crippen LogP contribution is 2.28. The van der Waals surface area contributed by atoms with Crippen LogP contribution >= 0.6 is 0 Å². The highest BCUT2D eigenvalue weighted by atomic mass is 16.2. The third-order valence-corrected chi connectivity index (χ3v) is 6.39. The summed E-state index contributed by atoms with van der Waals surface area (Å²) in [5, 5.41) is 8.73. The lowest BCUT2D eigenvalue weighted by atomic mass is 10.0. The third-order valence-electron chi connectivity index (χ3n) is 6.39. The van der Waals surface area contributed by atoms with Crippen LogP contribution in [0.5, 0.6) is 0 Å². The molecule has 1 amide bonds. The first-order chi connectivity index (χ1) is 16.4. The number of fused-ring (bicyclic) bond motifs is 1. The third kappa shape index (κ3) is 4.46. The van der Waals surface area contributed by atoms with Crippen molar-refractivity contribution in [3.8, 4) is 22.5 Å². The van der Waals surface area contributed by atoms with Gasteiger partial charge in [0, 0.05) is 50.6 Å². The molecule has 5 rings (SSSR count). The maximum absolute atomic E-state index is 12.7. The Hall–Kier alpha value is -3.52. The average Bonchev–Trinajstić information content (AvgIpc) is 3.44. The minimum absolute atomic E-state index is 0.210. The SMILES string of the molecule is Cc1cc(-c2nc(-c3cnn(C)c3)cn3nccc23)ccc1CN1CCN(CC(C)C)CC1=O. The van der Waals surface area contributed by atoms with E-state index >= 15 is 0 Å². The van der Waals surface area contributed by atoms with Crippen molar-refractivity contribution >= 4 is 11.4 Å². The average molecular weight is 458 g/mol. The van der Waals surface area contributed by atoms with E-state index < -0.39 is 0 Å². The minimum atomic E-state index is 0.210. The summed E-state index contributed by atoms with van der Waals surface area (Å²) in [5.74, 6) is 0.781. The van der Waals surface area contributed by atoms with Crippen LogP contribution in [-0.4, -0.2) is 66.3 Å². The fraction of sp³-hybridized carbons (Fsp3) is 0.385. The fourth-order valence-corrected chi connectivity index (χ4v) is 4.65. The Morgan fingerprint density at radius 3 is 2.62 bits per heavy atom. The Balaban J connectivity index is 1.40. The molecule has 0 radical (unpaired) electrons. The molecule has 3 aromatic heterocycles. The van der Waals surface area contributed by atoms with E-state index in [-0.39, 0.29) is 5.91 Å². The number of piperazine rings is 1. The second-order valence-corrected chi connectivity index (χ2v) is 9.62. The Labute approximate surface area is 199 Å². The number of amides is 1. The molecule has 1 fully saturated rings. The van der Waals surface area contributed by atoms with Gasteiger partial charge in [-0.2, -0.15) is 10.2 Å². The number of carbonyl (C=O) groups excluding carboxylic acids is 1. The minimum Gasteiger partial charge on any atom is -0.336 e. The molecular formula is C26H31N7O. The quantitative estimate of drug-likeness (QED) is 0.444. The number of rotatable bonds is 6. The maximum Gasteiger partial charge on any atom is 0.237 e. The van der Waals surface area contributed by atoms with Crippen molar-refractivity contribution in [3.63, 3.8) is 0 Å². The topological polar surface area (TPSA) is 71.6 Å². The van der Waals surface area contributed by atoms with E-state index in [0.717, 1.165) is 53.2 Å². The summed E-state index contributed by atoms with van der Waals surface area (Å²) in [4.78, 5) is 22.0. The molecule has 0 N–H and O–H groups in total. The first kappa shape index (κ1) is 22.3. The van der Waals surface area contributed by atoms with Crippen molar-refractivity contribution in [2.75, 3.05) is 26.2 Å². The number of benzene rings is 1. The van der Waals surface area contributed by atoms with Gasteiger partial charge in [-0.1, -0.05) is 26.0 Å². The number of aryl methyl sites for hydroxylation is 2. The molecule has 1 aliphatic heterocycles. The molecule has 8 nitrogen and oxygen atoms in total. The highest BCUT2D eigenvalue weighted by Gasteiger charge is 2.24. The zero-order valence-electron chi connectivity index (χ0n) is 20.3. The van der Waals surface area contributed by atoms with E-state index in [0.29, 0.717) is 19.0 Å². The van der Waals surface area contributed by atoms with Crippen molar-refractivity contribution in [2.45, 2.75) is 27.3 Å². The second kappa shape index (κ2) is 9.02. The van der Waals surface area contributed by atoms with Crippen molar-refractivity contribution < 1.29 is 4.79 Å². The van der Waals surface area contributed by atoms with Gasteiger partial charge in [-0.25, -0.2) is 9.50 Å². The zero-order chi connectivity index (χ0) is 23.8. The molecule has 1 saturated heterocycles. The molecule has 8 heteroatoms. The summed E-state index contributed by atoms with van der Waals surface area (Å²) < 4.78 is 3.63. The van der Waals surface area contributed by atoms with Crippen LogP contribution in [0, 0.1) is 12.8 Å². The summed E-state index contributed by atoms with van der Waals surface area (Å²) in [7, 11) is 1.90. The van der Waals surface area contributed by atoms with Crippen LogP contribution in [0.25, 0.3) is 28.0 Å². The summed E-state index contributed by atoms with van der Waals surface area (Å²) in [6.07, 6.45) is 7.49. The molecule has 176 valence electrons. The van der Waals surface area contributed by atoms with E-state index in [1.54, 1.807) is 10.9 Å². The summed E-state index contributed by atoms with van der Waals surface area (Å²) >= 11 is 0. The van der Waals surface area contributed by atoms with Crippen molar-refractivity contribution in [3.05, 3.63) is 60.2 Å². The number of hydrogen-bond donors (Lipinski definition) is 0. The fourth-order valence-electron chi connectivity index (χ4n) is 4.65. The lowest BCUT2D eigenvalue weighted by Gasteiger charge is -2.35. The number of aromatic nitrogens is 5. The van der Waals surface area contributed by atoms with Crippen LogP contribution in [0.1, 0.15) is 25.0 Å². The van der Waals surface area contributed by atoms with Gasteiger partial charge in [0.25, 0.3) is 0 Å². The first-order valence-corrected chi connectivity index (χ1v) is 11.8. The summed E-state index contributed by atoms with van der Waals surface area (Å²) in [6, 6.07) is 8.37. The molecule has 1 aromatic carbocycles. The van der Waals surface area contributed by atoms with E-state index in [1.165, 1.54) is 5.56 Å². The van der Waals surface area contributed by atoms with Gasteiger partial charge >= 0.3 is 0 Å². The summed E-state index contributed by atoms with van der Waals surface area (Å²) in [6.45, 7) is 10.3. The van der Waals surface area contributed by atoms with Crippen LogP contribution in [0.2, 0.25) is 0 Å². The molecule has 4 aromatic rings. The Morgan fingerprint density at radius 2 is 1.91 bits per heavy atom. The van der Waals surface area contributed by atoms with Crippen molar-refractivity contribution in [2.24, 2.45) is 13.0 Å². The number of nitrogens with zero attached hydrogens (tertiary/aromatic N) is 7. The number of hydrogen-bond acceptors (Lipinski definition) is 5. The Morgan fingerprint density at radius 1 is 1.06 bits per heavy atom. The molecule has 4 heterocycles. The van der Waals surface area contributed by atoms with E-state index in [2.05, 4.69) is 54.1 Å². The van der Waals surface area contributed by atoms with Gasteiger partial charge in [0.15, 0.2) is 0 Å². The molecule has 0 spiro atoms. The highest BCUT2D eigenvalue weighted by molar-refractivity contribution is 5.80. The molecule has 1 aliphatic rings. The van der Waals surface area contributed by atoms with Crippen LogP contribution in [0.15, 0.2) is 49.1 Å². The predicted molar refractivity (Wildman–Crippen MR) is 132 cm³/mol. The predicted octanol–water partition coefficient (Wildman–Crippen LogP) is 3.41. The molecule has 34 heavy (non-hydrogen) atoms. The van der Waals surface area contributed by atoms with Crippen LogP contribution in [-0.2, 0) is 18.4 Å². The van der Waals surface area contributed by atoms with E-state index in [4.69, 9.17) is 4.98 Å². The standard InChI is InChI=1S/C26H31N7O/c1-18(2)13-31-9-10-32(25(34)17-31)15-21-6-5-20(11-19(21)3)26-24-7-8-27-33(24)16-23(29-26)22-12-28-30(4)14-22/h5-8,11-12,14,16,18H,9-10,13,15,17H2,1-4H3. The van der Waals surface area contributed by atoms with Gasteiger partial charge in [0.05, 0.1) is 42.0 Å². The van der Waals surface area contributed by atoms with Gasteiger partial charge in [0.2, 0.25) is 5.91 Å². The van der Waals surface area contributed by atoms with Crippen molar-refractivity contribution in [1.29, 1.82) is 0 Å². The van der Waals surface area contributed by atoms with E-state index in [1.807, 2.05) is 41.1 Å². The van der Waals surface area contributed by atoms with Crippen LogP contribution in [0.3, 0.4) is 0 Å². The second-order valence-electron chi connectivity index (χ2n) is 9.62. The maximum atomic E-state index is 12.7. The van der Waals surface area contributed by atoms with Crippen LogP contribution in [0.4, 0.5) is 0 Å². The largest absolute Gasteiger partial charge is 0.336 e. The van der Waals surface area contributed by atoms with E-state index in [9.17, 15) is 4.79 Å². The van der Waals surface area contributed by atoms with Gasteiger partial charge in [0.1, 0.15) is 0 Å². The van der Waals surface area contributed by atoms with Gasteiger partial charge in [-0.15, -0.1) is 0 Å². The van der Waals surface area contributed by atoms with Gasteiger partial charge in [-0.05, 0) is 36.1 Å². The molecule has 0 unspecified atom stereocenters. The molecule has 0 atom stereocenters. The lowest BCUT2D eigenvalue weighted by molar-refractivity contribution is -0.136. The van der Waals surface area contributed by atoms with Crippen LogP contribution < -0.4 is 0 Å². The molecule has 0 aliphatic carbocycles. The summed E-state index contributed by atoms with van der Waals surface area (Å²) in [5.41, 5.74) is 6.97. The van der Waals surface area contributed by atoms with Gasteiger partial charge < -0.3 is 4.90 Å².